The highest BCUT2D eigenvalue weighted by Crippen LogP contribution is 2.06. The van der Waals surface area contributed by atoms with Crippen molar-refractivity contribution in [3.63, 3.8) is 0 Å². The molecule has 0 atom stereocenters. The molecule has 1 rings (SSSR count). The molecule has 0 fully saturated rings. The average Bonchev–Trinajstić information content (AvgIpc) is 2.17. The lowest BCUT2D eigenvalue weighted by Gasteiger charge is -1.94. The molecule has 0 saturated carbocycles. The number of hydrogen-bond acceptors (Lipinski definition) is 3. The van der Waals surface area contributed by atoms with Crippen molar-refractivity contribution < 1.29 is 5.21 Å². The fraction of sp³-hybridized carbons (Fsp3) is 0. The van der Waals surface area contributed by atoms with Crippen LogP contribution in [0.15, 0.2) is 29.4 Å². The quantitative estimate of drug-likeness (QED) is 0.408. The second-order valence-corrected chi connectivity index (χ2v) is 2.44. The molecule has 60 valence electrons. The molecule has 1 N–H and O–H groups in total. The molecule has 4 heteroatoms. The van der Waals surface area contributed by atoms with Gasteiger partial charge in [-0.3, -0.25) is 0 Å². The summed E-state index contributed by atoms with van der Waals surface area (Å²) in [6.45, 7) is 0. The molecule has 0 aromatic heterocycles. The van der Waals surface area contributed by atoms with Crippen molar-refractivity contribution in [2.24, 2.45) is 5.16 Å². The predicted molar refractivity (Wildman–Crippen MR) is 45.3 cm³/mol. The SMILES string of the molecule is N#Cc1ccc(/C(Cl)=N/O)cc1. The summed E-state index contributed by atoms with van der Waals surface area (Å²) in [5.74, 6) is 0. The highest BCUT2D eigenvalue weighted by atomic mass is 35.5. The zero-order valence-electron chi connectivity index (χ0n) is 6.03. The van der Waals surface area contributed by atoms with Gasteiger partial charge in [-0.1, -0.05) is 28.9 Å². The van der Waals surface area contributed by atoms with Crippen LogP contribution in [0.1, 0.15) is 11.1 Å². The van der Waals surface area contributed by atoms with Crippen LogP contribution in [0.5, 0.6) is 0 Å². The summed E-state index contributed by atoms with van der Waals surface area (Å²) in [7, 11) is 0. The van der Waals surface area contributed by atoms with Gasteiger partial charge < -0.3 is 5.21 Å². The minimum absolute atomic E-state index is 0.0134. The summed E-state index contributed by atoms with van der Waals surface area (Å²) in [5, 5.41) is 19.6. The van der Waals surface area contributed by atoms with E-state index in [-0.39, 0.29) is 5.17 Å². The Morgan fingerprint density at radius 3 is 2.42 bits per heavy atom. The minimum Gasteiger partial charge on any atom is -0.410 e. The van der Waals surface area contributed by atoms with Gasteiger partial charge in [-0.05, 0) is 12.1 Å². The van der Waals surface area contributed by atoms with E-state index < -0.39 is 0 Å². The lowest BCUT2D eigenvalue weighted by Crippen LogP contribution is -1.90. The second kappa shape index (κ2) is 3.74. The number of halogens is 1. The number of benzene rings is 1. The van der Waals surface area contributed by atoms with Crippen LogP contribution in [0.2, 0.25) is 0 Å². The fourth-order valence-electron chi connectivity index (χ4n) is 0.740. The van der Waals surface area contributed by atoms with Crippen molar-refractivity contribution in [3.8, 4) is 6.07 Å². The van der Waals surface area contributed by atoms with Gasteiger partial charge in [-0.25, -0.2) is 0 Å². The Kier molecular flexibility index (Phi) is 2.67. The maximum atomic E-state index is 8.46. The molecule has 0 aliphatic rings. The van der Waals surface area contributed by atoms with E-state index in [1.165, 1.54) is 0 Å². The highest BCUT2D eigenvalue weighted by Gasteiger charge is 1.98. The summed E-state index contributed by atoms with van der Waals surface area (Å²) in [6.07, 6.45) is 0. The third-order valence-corrected chi connectivity index (χ3v) is 1.63. The minimum atomic E-state index is 0.0134. The first-order valence-electron chi connectivity index (χ1n) is 3.16. The van der Waals surface area contributed by atoms with E-state index in [1.807, 2.05) is 6.07 Å². The van der Waals surface area contributed by atoms with Gasteiger partial charge >= 0.3 is 0 Å². The maximum Gasteiger partial charge on any atom is 0.175 e. The van der Waals surface area contributed by atoms with Gasteiger partial charge in [0.2, 0.25) is 0 Å². The van der Waals surface area contributed by atoms with Gasteiger partial charge in [0, 0.05) is 5.56 Å². The third kappa shape index (κ3) is 1.74. The van der Waals surface area contributed by atoms with Crippen molar-refractivity contribution in [1.82, 2.24) is 0 Å². The molecule has 0 radical (unpaired) electrons. The lowest BCUT2D eigenvalue weighted by atomic mass is 10.2. The first kappa shape index (κ1) is 8.57. The van der Waals surface area contributed by atoms with Crippen LogP contribution in [0.25, 0.3) is 0 Å². The van der Waals surface area contributed by atoms with Crippen LogP contribution >= 0.6 is 11.6 Å². The fourth-order valence-corrected chi connectivity index (χ4v) is 0.866. The normalized spacial score (nSPS) is 10.8. The summed E-state index contributed by atoms with van der Waals surface area (Å²) < 4.78 is 0. The first-order valence-corrected chi connectivity index (χ1v) is 3.54. The van der Waals surface area contributed by atoms with Crippen molar-refractivity contribution in [2.45, 2.75) is 0 Å². The van der Waals surface area contributed by atoms with Crippen LogP contribution in [0, 0.1) is 11.3 Å². The zero-order chi connectivity index (χ0) is 8.97. The number of rotatable bonds is 1. The van der Waals surface area contributed by atoms with Crippen LogP contribution in [0.4, 0.5) is 0 Å². The largest absolute Gasteiger partial charge is 0.410 e. The Labute approximate surface area is 74.5 Å². The molecule has 0 aliphatic heterocycles. The number of oxime groups is 1. The Hall–Kier alpha value is -1.53. The van der Waals surface area contributed by atoms with Gasteiger partial charge in [-0.2, -0.15) is 5.26 Å². The molecular formula is C8H5ClN2O. The molecule has 0 spiro atoms. The van der Waals surface area contributed by atoms with Crippen molar-refractivity contribution in [3.05, 3.63) is 35.4 Å². The average molecular weight is 181 g/mol. The number of nitriles is 1. The van der Waals surface area contributed by atoms with E-state index in [1.54, 1.807) is 24.3 Å². The summed E-state index contributed by atoms with van der Waals surface area (Å²) >= 11 is 5.50. The smallest absolute Gasteiger partial charge is 0.175 e. The molecule has 12 heavy (non-hydrogen) atoms. The number of nitrogens with zero attached hydrogens (tertiary/aromatic N) is 2. The molecule has 0 saturated heterocycles. The Balaban J connectivity index is 3.02. The molecule has 3 nitrogen and oxygen atoms in total. The topological polar surface area (TPSA) is 56.4 Å². The molecular weight excluding hydrogens is 176 g/mol. The molecule has 0 amide bonds. The number of hydrogen-bond donors (Lipinski definition) is 1. The molecule has 0 heterocycles. The van der Waals surface area contributed by atoms with E-state index in [2.05, 4.69) is 5.16 Å². The Morgan fingerprint density at radius 1 is 1.42 bits per heavy atom. The second-order valence-electron chi connectivity index (χ2n) is 2.08. The maximum absolute atomic E-state index is 8.46. The molecule has 1 aromatic rings. The molecule has 0 bridgehead atoms. The van der Waals surface area contributed by atoms with Crippen molar-refractivity contribution in [1.29, 1.82) is 5.26 Å². The summed E-state index contributed by atoms with van der Waals surface area (Å²) in [6, 6.07) is 8.39. The van der Waals surface area contributed by atoms with E-state index in [4.69, 9.17) is 22.1 Å². The summed E-state index contributed by atoms with van der Waals surface area (Å²) in [5.41, 5.74) is 1.12. The van der Waals surface area contributed by atoms with Crippen LogP contribution in [-0.4, -0.2) is 10.4 Å². The first-order chi connectivity index (χ1) is 5.77. The van der Waals surface area contributed by atoms with E-state index in [0.717, 1.165) is 0 Å². The van der Waals surface area contributed by atoms with Crippen molar-refractivity contribution in [2.75, 3.05) is 0 Å². The van der Waals surface area contributed by atoms with E-state index in [9.17, 15) is 0 Å². The zero-order valence-corrected chi connectivity index (χ0v) is 6.78. The van der Waals surface area contributed by atoms with Crippen LogP contribution in [-0.2, 0) is 0 Å². The van der Waals surface area contributed by atoms with Gasteiger partial charge in [-0.15, -0.1) is 0 Å². The Morgan fingerprint density at radius 2 is 2.00 bits per heavy atom. The van der Waals surface area contributed by atoms with Crippen molar-refractivity contribution >= 4 is 16.8 Å². The van der Waals surface area contributed by atoms with Gasteiger partial charge in [0.1, 0.15) is 0 Å². The van der Waals surface area contributed by atoms with Gasteiger partial charge in [0.05, 0.1) is 11.6 Å². The third-order valence-electron chi connectivity index (χ3n) is 1.34. The molecule has 0 unspecified atom stereocenters. The predicted octanol–water partition coefficient (Wildman–Crippen LogP) is 1.93. The van der Waals surface area contributed by atoms with Gasteiger partial charge in [0.15, 0.2) is 5.17 Å². The summed E-state index contributed by atoms with van der Waals surface area (Å²) in [4.78, 5) is 0. The molecule has 1 aromatic carbocycles. The standard InChI is InChI=1S/C8H5ClN2O/c9-8(11-12)7-3-1-6(5-10)2-4-7/h1-4,12H/b11-8-. The molecule has 0 aliphatic carbocycles. The Bertz CT molecular complexity index is 337. The lowest BCUT2D eigenvalue weighted by molar-refractivity contribution is 0.321. The van der Waals surface area contributed by atoms with Crippen LogP contribution < -0.4 is 0 Å². The van der Waals surface area contributed by atoms with E-state index >= 15 is 0 Å². The monoisotopic (exact) mass is 180 g/mol. The van der Waals surface area contributed by atoms with Gasteiger partial charge in [0.25, 0.3) is 0 Å². The van der Waals surface area contributed by atoms with E-state index in [0.29, 0.717) is 11.1 Å². The highest BCUT2D eigenvalue weighted by molar-refractivity contribution is 6.69. The van der Waals surface area contributed by atoms with Crippen LogP contribution in [0.3, 0.4) is 0 Å².